The minimum Gasteiger partial charge on any atom is -0.444 e. The van der Waals surface area contributed by atoms with E-state index in [1.807, 2.05) is 0 Å². The van der Waals surface area contributed by atoms with Crippen LogP contribution in [0.5, 0.6) is 0 Å². The molecule has 1 fully saturated rings. The fraction of sp³-hybridized carbons (Fsp3) is 0.393. The number of hydrogen-bond acceptors (Lipinski definition) is 6. The molecule has 0 saturated heterocycles. The number of alkyl carbamates (subject to hydrolysis) is 1. The van der Waals surface area contributed by atoms with Crippen molar-refractivity contribution in [2.45, 2.75) is 64.1 Å². The Morgan fingerprint density at radius 2 is 1.84 bits per heavy atom. The van der Waals surface area contributed by atoms with E-state index in [1.54, 1.807) is 69.6 Å². The van der Waals surface area contributed by atoms with E-state index in [2.05, 4.69) is 10.3 Å². The summed E-state index contributed by atoms with van der Waals surface area (Å²) in [6, 6.07) is 11.8. The van der Waals surface area contributed by atoms with Crippen LogP contribution in [0.15, 0.2) is 59.7 Å². The zero-order valence-electron chi connectivity index (χ0n) is 21.7. The Morgan fingerprint density at radius 3 is 2.45 bits per heavy atom. The third kappa shape index (κ3) is 5.72. The van der Waals surface area contributed by atoms with E-state index in [4.69, 9.17) is 27.2 Å². The molecule has 200 valence electrons. The molecule has 1 saturated carbocycles. The van der Waals surface area contributed by atoms with Crippen molar-refractivity contribution < 1.29 is 14.3 Å². The van der Waals surface area contributed by atoms with Crippen molar-refractivity contribution in [1.82, 2.24) is 20.1 Å². The highest BCUT2D eigenvalue weighted by molar-refractivity contribution is 6.30. The average Bonchev–Trinajstić information content (AvgIpc) is 2.87. The zero-order valence-corrected chi connectivity index (χ0v) is 22.5. The number of carbonyl (C=O) groups excluding carboxylic acids is 2. The largest absolute Gasteiger partial charge is 0.444 e. The average molecular weight is 538 g/mol. The van der Waals surface area contributed by atoms with E-state index in [0.717, 1.165) is 19.3 Å². The van der Waals surface area contributed by atoms with Crippen LogP contribution in [0, 0.1) is 5.92 Å². The predicted molar refractivity (Wildman–Crippen MR) is 145 cm³/mol. The van der Waals surface area contributed by atoms with Gasteiger partial charge < -0.3 is 10.5 Å². The summed E-state index contributed by atoms with van der Waals surface area (Å²) in [6.07, 6.45) is 6.65. The van der Waals surface area contributed by atoms with Crippen molar-refractivity contribution in [2.24, 2.45) is 11.7 Å². The van der Waals surface area contributed by atoms with Crippen molar-refractivity contribution in [3.8, 4) is 11.3 Å². The molecule has 0 spiro atoms. The number of halogens is 1. The van der Waals surface area contributed by atoms with Gasteiger partial charge in [0.15, 0.2) is 5.66 Å². The number of pyridine rings is 1. The lowest BCUT2D eigenvalue weighted by Crippen LogP contribution is -2.61. The fourth-order valence-corrected chi connectivity index (χ4v) is 5.22. The molecule has 1 unspecified atom stereocenters. The van der Waals surface area contributed by atoms with Gasteiger partial charge in [-0.05, 0) is 63.9 Å². The van der Waals surface area contributed by atoms with E-state index < -0.39 is 28.8 Å². The van der Waals surface area contributed by atoms with Gasteiger partial charge >= 0.3 is 6.09 Å². The van der Waals surface area contributed by atoms with Crippen molar-refractivity contribution in [2.75, 3.05) is 0 Å². The van der Waals surface area contributed by atoms with Gasteiger partial charge in [0, 0.05) is 34.5 Å². The second-order valence-corrected chi connectivity index (χ2v) is 10.9. The molecular weight excluding hydrogens is 506 g/mol. The van der Waals surface area contributed by atoms with Crippen molar-refractivity contribution >= 4 is 23.6 Å². The number of nitrogens with zero attached hydrogens (tertiary/aromatic N) is 3. The molecule has 9 nitrogen and oxygen atoms in total. The van der Waals surface area contributed by atoms with Crippen molar-refractivity contribution in [3.05, 3.63) is 81.4 Å². The van der Waals surface area contributed by atoms with E-state index in [1.165, 1.54) is 10.7 Å². The van der Waals surface area contributed by atoms with Crippen LogP contribution in [0.4, 0.5) is 4.79 Å². The molecule has 0 aliphatic heterocycles. The lowest BCUT2D eigenvalue weighted by Gasteiger charge is -2.44. The summed E-state index contributed by atoms with van der Waals surface area (Å²) in [5.41, 5.74) is 3.78. The number of primary amides is 1. The van der Waals surface area contributed by atoms with Gasteiger partial charge in [-0.15, -0.1) is 0 Å². The molecule has 10 heteroatoms. The van der Waals surface area contributed by atoms with Gasteiger partial charge in [-0.25, -0.2) is 4.79 Å². The summed E-state index contributed by atoms with van der Waals surface area (Å²) in [4.78, 5) is 44.0. The number of amides is 2. The first-order valence-electron chi connectivity index (χ1n) is 12.6. The van der Waals surface area contributed by atoms with Gasteiger partial charge in [-0.3, -0.25) is 19.9 Å². The van der Waals surface area contributed by atoms with Crippen LogP contribution >= 0.6 is 11.6 Å². The number of nitrogens with one attached hydrogen (secondary N) is 1. The molecule has 4 rings (SSSR count). The Morgan fingerprint density at radius 1 is 1.11 bits per heavy atom. The van der Waals surface area contributed by atoms with E-state index in [9.17, 15) is 14.4 Å². The lowest BCUT2D eigenvalue weighted by atomic mass is 9.76. The van der Waals surface area contributed by atoms with Crippen LogP contribution in [-0.2, 0) is 10.4 Å². The van der Waals surface area contributed by atoms with Crippen molar-refractivity contribution in [1.29, 1.82) is 0 Å². The van der Waals surface area contributed by atoms with Gasteiger partial charge in [0.05, 0.1) is 5.69 Å². The summed E-state index contributed by atoms with van der Waals surface area (Å²) < 4.78 is 6.84. The minimum absolute atomic E-state index is 0.257. The van der Waals surface area contributed by atoms with E-state index in [0.29, 0.717) is 34.7 Å². The maximum Gasteiger partial charge on any atom is 0.409 e. The third-order valence-corrected chi connectivity index (χ3v) is 6.86. The first kappa shape index (κ1) is 27.3. The zero-order chi connectivity index (χ0) is 27.5. The Kier molecular flexibility index (Phi) is 7.87. The number of carbonyl (C=O) groups is 2. The summed E-state index contributed by atoms with van der Waals surface area (Å²) >= 11 is 6.43. The molecule has 1 aliphatic rings. The van der Waals surface area contributed by atoms with Gasteiger partial charge in [-0.2, -0.15) is 9.78 Å². The molecule has 0 radical (unpaired) electrons. The van der Waals surface area contributed by atoms with E-state index in [-0.39, 0.29) is 11.5 Å². The first-order chi connectivity index (χ1) is 18.0. The highest BCUT2D eigenvalue weighted by atomic mass is 35.5. The normalized spacial score (nSPS) is 15.9. The number of ether oxygens (including phenoxy) is 1. The third-order valence-electron chi connectivity index (χ3n) is 6.62. The highest BCUT2D eigenvalue weighted by Crippen LogP contribution is 2.41. The topological polar surface area (TPSA) is 129 Å². The molecule has 1 aliphatic carbocycles. The second kappa shape index (κ2) is 10.9. The minimum atomic E-state index is -1.52. The van der Waals surface area contributed by atoms with Crippen LogP contribution in [-0.4, -0.2) is 32.4 Å². The quantitative estimate of drug-likeness (QED) is 0.461. The summed E-state index contributed by atoms with van der Waals surface area (Å²) in [7, 11) is 0. The Labute approximate surface area is 226 Å². The molecule has 3 N–H and O–H groups in total. The number of rotatable bonds is 6. The molecule has 0 bridgehead atoms. The number of aromatic nitrogens is 3. The highest BCUT2D eigenvalue weighted by Gasteiger charge is 2.47. The van der Waals surface area contributed by atoms with Crippen LogP contribution < -0.4 is 16.6 Å². The molecule has 1 aromatic carbocycles. The molecule has 2 heterocycles. The first-order valence-corrected chi connectivity index (χ1v) is 13.0. The number of hydrogen-bond donors (Lipinski definition) is 2. The monoisotopic (exact) mass is 537 g/mol. The second-order valence-electron chi connectivity index (χ2n) is 10.5. The maximum atomic E-state index is 14.0. The van der Waals surface area contributed by atoms with Crippen LogP contribution in [0.2, 0.25) is 5.02 Å². The smallest absolute Gasteiger partial charge is 0.409 e. The summed E-state index contributed by atoms with van der Waals surface area (Å²) in [6.45, 7) is 5.27. The van der Waals surface area contributed by atoms with Gasteiger partial charge in [0.1, 0.15) is 11.2 Å². The van der Waals surface area contributed by atoms with Crippen LogP contribution in [0.3, 0.4) is 0 Å². The SMILES string of the molecule is CC(C)(C)OC(=O)NC(c1cccc(Cl)c1)(C1CCCCC1)n1nc(-c2cccnc2)cc(C(N)=O)c1=O. The van der Waals surface area contributed by atoms with Gasteiger partial charge in [-0.1, -0.05) is 43.0 Å². The molecule has 38 heavy (non-hydrogen) atoms. The lowest BCUT2D eigenvalue weighted by molar-refractivity contribution is 0.0281. The van der Waals surface area contributed by atoms with Gasteiger partial charge in [0.25, 0.3) is 11.5 Å². The number of nitrogens with two attached hydrogens (primary N) is 1. The van der Waals surface area contributed by atoms with Gasteiger partial charge in [0.2, 0.25) is 0 Å². The Hall–Kier alpha value is -3.72. The summed E-state index contributed by atoms with van der Waals surface area (Å²) in [5, 5.41) is 8.16. The Bertz CT molecular complexity index is 1380. The molecule has 2 aromatic heterocycles. The number of benzene rings is 1. The van der Waals surface area contributed by atoms with Crippen LogP contribution in [0.25, 0.3) is 11.3 Å². The molecule has 3 aromatic rings. The van der Waals surface area contributed by atoms with Crippen molar-refractivity contribution in [3.63, 3.8) is 0 Å². The standard InChI is InChI=1S/C28H32ClN5O4/c1-27(2,3)38-26(37)32-28(19-10-5-4-6-11-19,20-12-7-13-21(29)15-20)34-25(36)22(24(30)35)16-23(33-34)18-9-8-14-31-17-18/h7-9,12-17,19H,4-6,10-11H2,1-3H3,(H2,30,35)(H,32,37). The summed E-state index contributed by atoms with van der Waals surface area (Å²) in [5.74, 6) is -1.17. The maximum absolute atomic E-state index is 14.0. The van der Waals surface area contributed by atoms with Crippen LogP contribution in [0.1, 0.15) is 68.8 Å². The van der Waals surface area contributed by atoms with E-state index >= 15 is 0 Å². The Balaban J connectivity index is 2.08. The fourth-order valence-electron chi connectivity index (χ4n) is 5.03. The molecular formula is C28H32ClN5O4. The molecule has 1 atom stereocenters. The predicted octanol–water partition coefficient (Wildman–Crippen LogP) is 4.86. The molecule has 2 amide bonds.